The molecule has 3 heteroatoms. The van der Waals surface area contributed by atoms with Crippen LogP contribution in [-0.4, -0.2) is 4.55 Å². The third-order valence-corrected chi connectivity index (χ3v) is 2.30. The quantitative estimate of drug-likeness (QED) is 0.739. The van der Waals surface area contributed by atoms with Gasteiger partial charge in [0.15, 0.2) is 0 Å². The van der Waals surface area contributed by atoms with E-state index in [0.29, 0.717) is 0 Å². The van der Waals surface area contributed by atoms with Crippen LogP contribution in [0.3, 0.4) is 0 Å². The summed E-state index contributed by atoms with van der Waals surface area (Å²) >= 11 is 0.751. The molecule has 0 unspecified atom stereocenters. The second-order valence-electron chi connectivity index (χ2n) is 2.63. The molecule has 1 aromatic carbocycles. The summed E-state index contributed by atoms with van der Waals surface area (Å²) in [7, 11) is 0. The normalized spacial score (nSPS) is 10.2. The van der Waals surface area contributed by atoms with Crippen LogP contribution >= 0.6 is 12.0 Å². The number of hydrogen-bond donors (Lipinski definition) is 1. The highest BCUT2D eigenvalue weighted by Gasteiger charge is 1.98. The van der Waals surface area contributed by atoms with E-state index in [1.165, 1.54) is 0 Å². The molecule has 0 radical (unpaired) electrons. The zero-order chi connectivity index (χ0) is 9.10. The van der Waals surface area contributed by atoms with Crippen LogP contribution in [-0.2, 0) is 0 Å². The summed E-state index contributed by atoms with van der Waals surface area (Å²) in [5.74, 6) is 0. The zero-order valence-electron chi connectivity index (χ0n) is 6.81. The van der Waals surface area contributed by atoms with Crippen molar-refractivity contribution in [3.05, 3.63) is 42.9 Å². The molecule has 0 saturated carbocycles. The van der Waals surface area contributed by atoms with Crippen LogP contribution in [0.2, 0.25) is 0 Å². The molecule has 66 valence electrons. The molecular weight excluding hydrogens is 184 g/mol. The second kappa shape index (κ2) is 3.68. The van der Waals surface area contributed by atoms with Crippen molar-refractivity contribution in [1.29, 1.82) is 0 Å². The summed E-state index contributed by atoms with van der Waals surface area (Å²) in [4.78, 5) is 0.840. The minimum Gasteiger partial charge on any atom is -0.472 e. The second-order valence-corrected chi connectivity index (χ2v) is 3.28. The maximum absolute atomic E-state index is 8.76. The van der Waals surface area contributed by atoms with Crippen molar-refractivity contribution >= 4 is 12.0 Å². The van der Waals surface area contributed by atoms with Crippen LogP contribution in [0.1, 0.15) is 0 Å². The Morgan fingerprint density at radius 2 is 1.77 bits per heavy atom. The molecule has 2 nitrogen and oxygen atoms in total. The van der Waals surface area contributed by atoms with Gasteiger partial charge in [-0.05, 0) is 23.8 Å². The lowest BCUT2D eigenvalue weighted by molar-refractivity contribution is 0.568. The third-order valence-electron chi connectivity index (χ3n) is 1.81. The molecule has 2 rings (SSSR count). The van der Waals surface area contributed by atoms with Gasteiger partial charge in [-0.25, -0.2) is 0 Å². The van der Waals surface area contributed by atoms with Gasteiger partial charge < -0.3 is 8.97 Å². The summed E-state index contributed by atoms with van der Waals surface area (Å²) in [5, 5.41) is 0. The minimum absolute atomic E-state index is 0.751. The lowest BCUT2D eigenvalue weighted by Gasteiger charge is -1.97. The van der Waals surface area contributed by atoms with Gasteiger partial charge >= 0.3 is 0 Å². The summed E-state index contributed by atoms with van der Waals surface area (Å²) in [6.45, 7) is 0. The van der Waals surface area contributed by atoms with Gasteiger partial charge in [0.2, 0.25) is 0 Å². The van der Waals surface area contributed by atoms with Gasteiger partial charge in [0.25, 0.3) is 0 Å². The first kappa shape index (κ1) is 8.41. The molecule has 1 N–H and O–H groups in total. The monoisotopic (exact) mass is 192 g/mol. The van der Waals surface area contributed by atoms with Gasteiger partial charge in [-0.2, -0.15) is 0 Å². The third kappa shape index (κ3) is 1.76. The molecule has 1 aromatic heterocycles. The maximum Gasteiger partial charge on any atom is 0.0980 e. The molecule has 1 heterocycles. The van der Waals surface area contributed by atoms with Crippen molar-refractivity contribution in [2.24, 2.45) is 0 Å². The van der Waals surface area contributed by atoms with E-state index in [1.54, 1.807) is 12.5 Å². The Morgan fingerprint density at radius 3 is 2.31 bits per heavy atom. The maximum atomic E-state index is 8.76. The van der Waals surface area contributed by atoms with Gasteiger partial charge in [0.1, 0.15) is 0 Å². The van der Waals surface area contributed by atoms with Crippen molar-refractivity contribution in [2.45, 2.75) is 4.90 Å². The predicted octanol–water partition coefficient (Wildman–Crippen LogP) is 3.51. The number of benzene rings is 1. The molecular formula is C10H8O2S. The van der Waals surface area contributed by atoms with Crippen LogP contribution < -0.4 is 0 Å². The smallest absolute Gasteiger partial charge is 0.0980 e. The van der Waals surface area contributed by atoms with E-state index in [-0.39, 0.29) is 0 Å². The van der Waals surface area contributed by atoms with Crippen LogP contribution in [0.15, 0.2) is 52.2 Å². The van der Waals surface area contributed by atoms with E-state index in [2.05, 4.69) is 0 Å². The summed E-state index contributed by atoms with van der Waals surface area (Å²) in [5.41, 5.74) is 2.14. The molecule has 0 aliphatic carbocycles. The summed E-state index contributed by atoms with van der Waals surface area (Å²) < 4.78 is 13.7. The van der Waals surface area contributed by atoms with Crippen LogP contribution in [0.4, 0.5) is 0 Å². The number of hydrogen-bond acceptors (Lipinski definition) is 3. The lowest BCUT2D eigenvalue weighted by Crippen LogP contribution is -1.73. The van der Waals surface area contributed by atoms with Crippen LogP contribution in [0.5, 0.6) is 0 Å². The average Bonchev–Trinajstić information content (AvgIpc) is 2.71. The van der Waals surface area contributed by atoms with E-state index in [4.69, 9.17) is 8.97 Å². The first-order chi connectivity index (χ1) is 6.40. The molecule has 0 fully saturated rings. The lowest BCUT2D eigenvalue weighted by atomic mass is 10.1. The van der Waals surface area contributed by atoms with Crippen LogP contribution in [0.25, 0.3) is 11.1 Å². The van der Waals surface area contributed by atoms with Gasteiger partial charge in [0.05, 0.1) is 12.5 Å². The van der Waals surface area contributed by atoms with Gasteiger partial charge in [-0.3, -0.25) is 0 Å². The molecule has 0 saturated heterocycles. The molecule has 0 amide bonds. The van der Waals surface area contributed by atoms with Crippen molar-refractivity contribution in [3.8, 4) is 11.1 Å². The fourth-order valence-electron chi connectivity index (χ4n) is 1.14. The van der Waals surface area contributed by atoms with Gasteiger partial charge in [-0.15, -0.1) is 0 Å². The molecule has 0 atom stereocenters. The fraction of sp³-hybridized carbons (Fsp3) is 0. The van der Waals surface area contributed by atoms with Crippen molar-refractivity contribution in [1.82, 2.24) is 0 Å². The Morgan fingerprint density at radius 1 is 1.00 bits per heavy atom. The largest absolute Gasteiger partial charge is 0.472 e. The Labute approximate surface area is 80.4 Å². The zero-order valence-corrected chi connectivity index (χ0v) is 7.62. The van der Waals surface area contributed by atoms with E-state index in [9.17, 15) is 0 Å². The molecule has 0 bridgehead atoms. The van der Waals surface area contributed by atoms with Gasteiger partial charge in [-0.1, -0.05) is 12.1 Å². The molecule has 2 aromatic rings. The van der Waals surface area contributed by atoms with Crippen molar-refractivity contribution < 1.29 is 8.97 Å². The topological polar surface area (TPSA) is 33.4 Å². The molecule has 0 aliphatic heterocycles. The van der Waals surface area contributed by atoms with E-state index < -0.39 is 0 Å². The van der Waals surface area contributed by atoms with Crippen molar-refractivity contribution in [3.63, 3.8) is 0 Å². The number of furan rings is 1. The summed E-state index contributed by atoms with van der Waals surface area (Å²) in [6, 6.07) is 9.54. The Bertz CT molecular complexity index is 364. The first-order valence-electron chi connectivity index (χ1n) is 3.84. The number of rotatable bonds is 2. The van der Waals surface area contributed by atoms with E-state index in [0.717, 1.165) is 28.1 Å². The van der Waals surface area contributed by atoms with Crippen molar-refractivity contribution in [2.75, 3.05) is 0 Å². The predicted molar refractivity (Wildman–Crippen MR) is 52.6 cm³/mol. The first-order valence-corrected chi connectivity index (χ1v) is 4.61. The highest BCUT2D eigenvalue weighted by Crippen LogP contribution is 2.22. The van der Waals surface area contributed by atoms with E-state index in [1.807, 2.05) is 30.3 Å². The molecule has 0 aliphatic rings. The Hall–Kier alpha value is -1.19. The highest BCUT2D eigenvalue weighted by molar-refractivity contribution is 7.93. The SMILES string of the molecule is OSc1ccc(-c2ccoc2)cc1. The Balaban J connectivity index is 2.33. The van der Waals surface area contributed by atoms with E-state index >= 15 is 0 Å². The molecule has 13 heavy (non-hydrogen) atoms. The minimum atomic E-state index is 0.751. The standard InChI is InChI=1S/C10H8O2S/c11-13-10-3-1-8(2-4-10)9-5-6-12-7-9/h1-7,11H. The van der Waals surface area contributed by atoms with Gasteiger partial charge in [0, 0.05) is 22.5 Å². The molecule has 0 spiro atoms. The van der Waals surface area contributed by atoms with Crippen LogP contribution in [0, 0.1) is 0 Å². The highest BCUT2D eigenvalue weighted by atomic mass is 32.2. The average molecular weight is 192 g/mol. The fourth-order valence-corrected chi connectivity index (χ4v) is 1.39. The Kier molecular flexibility index (Phi) is 2.38. The summed E-state index contributed by atoms with van der Waals surface area (Å²) in [6.07, 6.45) is 3.34.